The van der Waals surface area contributed by atoms with Crippen molar-refractivity contribution in [2.24, 2.45) is 0 Å². The lowest BCUT2D eigenvalue weighted by atomic mass is 10.0. The van der Waals surface area contributed by atoms with Crippen LogP contribution in [-0.2, 0) is 0 Å². The number of aromatic nitrogens is 5. The van der Waals surface area contributed by atoms with Crippen LogP contribution in [0.3, 0.4) is 0 Å². The maximum Gasteiger partial charge on any atom is 0.238 e. The molecule has 0 atom stereocenters. The normalized spacial score (nSPS) is 12.2. The second-order valence-electron chi connectivity index (χ2n) is 13.7. The third kappa shape index (κ3) is 3.74. The summed E-state index contributed by atoms with van der Waals surface area (Å²) in [6.07, 6.45) is 0. The van der Waals surface area contributed by atoms with Crippen LogP contribution in [0.15, 0.2) is 164 Å². The molecule has 0 bridgehead atoms. The highest BCUT2D eigenvalue weighted by atomic mass is 15.2. The van der Waals surface area contributed by atoms with Gasteiger partial charge in [0, 0.05) is 38.1 Å². The molecule has 8 aromatic carbocycles. The van der Waals surface area contributed by atoms with E-state index in [0.29, 0.717) is 17.6 Å². The summed E-state index contributed by atoms with van der Waals surface area (Å²) in [5.74, 6) is 1.87. The van der Waals surface area contributed by atoms with Crippen LogP contribution in [0.4, 0.5) is 0 Å². The zero-order valence-corrected chi connectivity index (χ0v) is 27.8. The average molecular weight is 662 g/mol. The maximum atomic E-state index is 5.29. The van der Waals surface area contributed by atoms with Gasteiger partial charge in [-0.05, 0) is 63.3 Å². The summed E-state index contributed by atoms with van der Waals surface area (Å²) in [7, 11) is 0. The molecule has 12 aromatic rings. The van der Waals surface area contributed by atoms with Crippen LogP contribution in [0.25, 0.3) is 110 Å². The number of para-hydroxylation sites is 1. The number of hydrogen-bond acceptors (Lipinski definition) is 3. The Morgan fingerprint density at radius 3 is 1.85 bits per heavy atom. The minimum absolute atomic E-state index is 0.593. The molecule has 0 aliphatic heterocycles. The number of hydrogen-bond donors (Lipinski definition) is 0. The van der Waals surface area contributed by atoms with Gasteiger partial charge in [-0.25, -0.2) is 4.98 Å². The Morgan fingerprint density at radius 2 is 1.00 bits per heavy atom. The predicted molar refractivity (Wildman–Crippen MR) is 215 cm³/mol. The van der Waals surface area contributed by atoms with Gasteiger partial charge in [-0.3, -0.25) is 4.57 Å². The second kappa shape index (κ2) is 10.2. The standard InChI is InChI=1S/C47H27N5/c1-2-12-29(13-3-1)45-48-46(33-22-21-28-11-4-5-14-30(28)25-33)50-47(49-45)52-39-20-10-18-35-37-26-31-15-6-7-16-32(31)27-41(37)51-38-19-9-8-17-34(38)36-23-24-40(52)43(42(35)39)44(36)51/h1-27H. The topological polar surface area (TPSA) is 48.0 Å². The van der Waals surface area contributed by atoms with E-state index in [-0.39, 0.29) is 0 Å². The molecule has 0 N–H and O–H groups in total. The van der Waals surface area contributed by atoms with E-state index in [0.717, 1.165) is 27.5 Å². The lowest BCUT2D eigenvalue weighted by molar-refractivity contribution is 0.954. The van der Waals surface area contributed by atoms with E-state index < -0.39 is 0 Å². The molecule has 5 nitrogen and oxygen atoms in total. The van der Waals surface area contributed by atoms with Gasteiger partial charge in [0.05, 0.1) is 27.6 Å². The van der Waals surface area contributed by atoms with E-state index in [9.17, 15) is 0 Å². The first kappa shape index (κ1) is 27.7. The molecule has 0 spiro atoms. The summed E-state index contributed by atoms with van der Waals surface area (Å²) >= 11 is 0. The van der Waals surface area contributed by atoms with E-state index in [1.807, 2.05) is 18.2 Å². The van der Waals surface area contributed by atoms with Crippen molar-refractivity contribution in [3.8, 4) is 28.7 Å². The van der Waals surface area contributed by atoms with Crippen molar-refractivity contribution >= 4 is 81.4 Å². The van der Waals surface area contributed by atoms with Gasteiger partial charge in [0.25, 0.3) is 0 Å². The number of nitrogens with zero attached hydrogens (tertiary/aromatic N) is 5. The highest BCUT2D eigenvalue weighted by Crippen LogP contribution is 2.45. The van der Waals surface area contributed by atoms with Crippen molar-refractivity contribution in [3.63, 3.8) is 0 Å². The molecule has 0 saturated heterocycles. The van der Waals surface area contributed by atoms with Gasteiger partial charge in [0.15, 0.2) is 11.6 Å². The highest BCUT2D eigenvalue weighted by molar-refractivity contribution is 6.33. The molecule has 0 aliphatic carbocycles. The molecule has 4 aromatic heterocycles. The van der Waals surface area contributed by atoms with Gasteiger partial charge < -0.3 is 4.40 Å². The average Bonchev–Trinajstić information content (AvgIpc) is 3.69. The number of benzene rings is 8. The van der Waals surface area contributed by atoms with E-state index in [1.54, 1.807) is 0 Å². The summed E-state index contributed by atoms with van der Waals surface area (Å²) in [5, 5.41) is 12.1. The van der Waals surface area contributed by atoms with E-state index in [4.69, 9.17) is 15.0 Å². The van der Waals surface area contributed by atoms with Gasteiger partial charge in [-0.15, -0.1) is 0 Å². The van der Waals surface area contributed by atoms with E-state index >= 15 is 0 Å². The largest absolute Gasteiger partial charge is 0.308 e. The van der Waals surface area contributed by atoms with Crippen LogP contribution in [0.2, 0.25) is 0 Å². The summed E-state index contributed by atoms with van der Waals surface area (Å²) in [4.78, 5) is 15.6. The van der Waals surface area contributed by atoms with Crippen LogP contribution in [-0.4, -0.2) is 23.9 Å². The molecule has 0 saturated carbocycles. The van der Waals surface area contributed by atoms with Crippen molar-refractivity contribution in [1.29, 1.82) is 0 Å². The first-order valence-electron chi connectivity index (χ1n) is 17.6. The summed E-state index contributed by atoms with van der Waals surface area (Å²) in [6.45, 7) is 0. The summed E-state index contributed by atoms with van der Waals surface area (Å²) < 4.78 is 4.74. The Labute approximate surface area is 297 Å². The smallest absolute Gasteiger partial charge is 0.238 e. The SMILES string of the molecule is c1ccc(-c2nc(-c3ccc4ccccc4c3)nc(-n3c4cccc5c6cc7ccccc7cc6n6c7ccccc7c7ccc3c(c54)c76)n2)cc1. The zero-order chi connectivity index (χ0) is 33.9. The molecule has 0 amide bonds. The van der Waals surface area contributed by atoms with Crippen LogP contribution in [0.1, 0.15) is 0 Å². The molecule has 240 valence electrons. The molecule has 0 aliphatic rings. The van der Waals surface area contributed by atoms with Crippen LogP contribution >= 0.6 is 0 Å². The highest BCUT2D eigenvalue weighted by Gasteiger charge is 2.25. The number of fused-ring (bicyclic) bond motifs is 8. The fourth-order valence-electron chi connectivity index (χ4n) is 8.56. The van der Waals surface area contributed by atoms with Gasteiger partial charge >= 0.3 is 0 Å². The molecular formula is C47H27N5. The van der Waals surface area contributed by atoms with Crippen LogP contribution in [0, 0.1) is 0 Å². The molecule has 0 unspecified atom stereocenters. The van der Waals surface area contributed by atoms with Gasteiger partial charge in [-0.2, -0.15) is 9.97 Å². The first-order valence-corrected chi connectivity index (χ1v) is 17.6. The summed E-state index contributed by atoms with van der Waals surface area (Å²) in [5.41, 5.74) is 7.61. The monoisotopic (exact) mass is 661 g/mol. The van der Waals surface area contributed by atoms with Crippen LogP contribution < -0.4 is 0 Å². The zero-order valence-electron chi connectivity index (χ0n) is 27.8. The Morgan fingerprint density at radius 1 is 0.346 bits per heavy atom. The van der Waals surface area contributed by atoms with E-state index in [1.165, 1.54) is 65.0 Å². The van der Waals surface area contributed by atoms with E-state index in [2.05, 4.69) is 155 Å². The lowest BCUT2D eigenvalue weighted by Crippen LogP contribution is -2.06. The minimum atomic E-state index is 0.593. The number of rotatable bonds is 3. The second-order valence-corrected chi connectivity index (χ2v) is 13.7. The third-order valence-electron chi connectivity index (χ3n) is 10.8. The molecule has 12 rings (SSSR count). The van der Waals surface area contributed by atoms with Gasteiger partial charge in [0.1, 0.15) is 0 Å². The van der Waals surface area contributed by atoms with Gasteiger partial charge in [-0.1, -0.05) is 127 Å². The van der Waals surface area contributed by atoms with Crippen molar-refractivity contribution in [2.45, 2.75) is 0 Å². The first-order chi connectivity index (χ1) is 25.8. The Hall–Kier alpha value is -7.11. The maximum absolute atomic E-state index is 5.29. The molecule has 4 heterocycles. The predicted octanol–water partition coefficient (Wildman–Crippen LogP) is 11.8. The molecule has 0 radical (unpaired) electrons. The summed E-state index contributed by atoms with van der Waals surface area (Å²) in [6, 6.07) is 58.4. The molecule has 0 fully saturated rings. The van der Waals surface area contributed by atoms with Gasteiger partial charge in [0.2, 0.25) is 5.95 Å². The molecular weight excluding hydrogens is 635 g/mol. The van der Waals surface area contributed by atoms with Crippen molar-refractivity contribution in [2.75, 3.05) is 0 Å². The Bertz CT molecular complexity index is 3410. The van der Waals surface area contributed by atoms with Crippen molar-refractivity contribution < 1.29 is 0 Å². The lowest BCUT2D eigenvalue weighted by Gasteiger charge is -2.12. The third-order valence-corrected chi connectivity index (χ3v) is 10.8. The van der Waals surface area contributed by atoms with Crippen molar-refractivity contribution in [1.82, 2.24) is 23.9 Å². The van der Waals surface area contributed by atoms with Crippen LogP contribution in [0.5, 0.6) is 0 Å². The Balaban J connectivity index is 1.26. The van der Waals surface area contributed by atoms with Crippen molar-refractivity contribution in [3.05, 3.63) is 164 Å². The fourth-order valence-corrected chi connectivity index (χ4v) is 8.56. The fraction of sp³-hybridized carbons (Fsp3) is 0. The molecule has 5 heteroatoms. The Kier molecular flexibility index (Phi) is 5.44. The quantitative estimate of drug-likeness (QED) is 0.189. The molecule has 52 heavy (non-hydrogen) atoms. The minimum Gasteiger partial charge on any atom is -0.308 e.